The standard InChI is InChI=1S/C32H36N2O2/c1-22-6-15-29(23(2)20-22)27-11-13-28(14-12-27)33-30(35)21-24-7-9-25(10-8-24)26-16-18-34(19-17-26)31(36)32(3,4)5/h6-16,20H,17-19,21H2,1-5H3,(H,33,35). The molecule has 0 radical (unpaired) electrons. The van der Waals surface area contributed by atoms with Crippen molar-refractivity contribution in [2.45, 2.75) is 47.5 Å². The summed E-state index contributed by atoms with van der Waals surface area (Å²) in [6.07, 6.45) is 3.32. The Labute approximate surface area is 215 Å². The number of rotatable bonds is 5. The van der Waals surface area contributed by atoms with Gasteiger partial charge in [0.05, 0.1) is 6.42 Å². The normalized spacial score (nSPS) is 13.8. The van der Waals surface area contributed by atoms with Gasteiger partial charge in [0.1, 0.15) is 0 Å². The first-order chi connectivity index (χ1) is 17.1. The van der Waals surface area contributed by atoms with Crippen molar-refractivity contribution < 1.29 is 9.59 Å². The molecule has 1 aliphatic rings. The largest absolute Gasteiger partial charge is 0.338 e. The first-order valence-electron chi connectivity index (χ1n) is 12.7. The highest BCUT2D eigenvalue weighted by Crippen LogP contribution is 2.27. The van der Waals surface area contributed by atoms with Crippen LogP contribution in [-0.2, 0) is 16.0 Å². The number of anilines is 1. The molecule has 0 fully saturated rings. The molecule has 0 saturated carbocycles. The molecule has 36 heavy (non-hydrogen) atoms. The Kier molecular flexibility index (Phi) is 7.44. The Bertz CT molecular complexity index is 1280. The average Bonchev–Trinajstić information content (AvgIpc) is 2.84. The van der Waals surface area contributed by atoms with Crippen molar-refractivity contribution in [2.75, 3.05) is 18.4 Å². The van der Waals surface area contributed by atoms with Gasteiger partial charge < -0.3 is 10.2 Å². The molecule has 186 valence electrons. The molecular formula is C32H36N2O2. The van der Waals surface area contributed by atoms with Crippen LogP contribution in [0.3, 0.4) is 0 Å². The third-order valence-corrected chi connectivity index (χ3v) is 6.69. The van der Waals surface area contributed by atoms with Crippen molar-refractivity contribution in [3.05, 3.63) is 95.1 Å². The number of benzene rings is 3. The highest BCUT2D eigenvalue weighted by atomic mass is 16.2. The lowest BCUT2D eigenvalue weighted by molar-refractivity contribution is -0.139. The summed E-state index contributed by atoms with van der Waals surface area (Å²) in [5, 5.41) is 3.01. The number of hydrogen-bond donors (Lipinski definition) is 1. The van der Waals surface area contributed by atoms with Crippen LogP contribution < -0.4 is 5.32 Å². The van der Waals surface area contributed by atoms with Crippen LogP contribution in [0.15, 0.2) is 72.8 Å². The van der Waals surface area contributed by atoms with Crippen LogP contribution >= 0.6 is 0 Å². The molecule has 1 aliphatic heterocycles. The molecule has 3 aromatic rings. The van der Waals surface area contributed by atoms with Gasteiger partial charge >= 0.3 is 0 Å². The van der Waals surface area contributed by atoms with Gasteiger partial charge in [-0.2, -0.15) is 0 Å². The van der Waals surface area contributed by atoms with Crippen molar-refractivity contribution in [2.24, 2.45) is 5.41 Å². The SMILES string of the molecule is Cc1ccc(-c2ccc(NC(=O)Cc3ccc(C4=CCN(C(=O)C(C)(C)C)CC4)cc3)cc2)c(C)c1. The molecule has 4 rings (SSSR count). The number of carbonyl (C=O) groups excluding carboxylic acids is 2. The quantitative estimate of drug-likeness (QED) is 0.436. The van der Waals surface area contributed by atoms with E-state index in [-0.39, 0.29) is 17.2 Å². The molecule has 0 atom stereocenters. The molecule has 0 spiro atoms. The second kappa shape index (κ2) is 10.5. The summed E-state index contributed by atoms with van der Waals surface area (Å²) in [6, 6.07) is 22.7. The van der Waals surface area contributed by atoms with Gasteiger partial charge in [-0.25, -0.2) is 0 Å². The Hall–Kier alpha value is -3.66. The smallest absolute Gasteiger partial charge is 0.228 e. The van der Waals surface area contributed by atoms with E-state index >= 15 is 0 Å². The fraction of sp³-hybridized carbons (Fsp3) is 0.312. The Morgan fingerprint density at radius 1 is 0.889 bits per heavy atom. The van der Waals surface area contributed by atoms with Gasteiger partial charge in [0, 0.05) is 24.2 Å². The second-order valence-corrected chi connectivity index (χ2v) is 10.8. The van der Waals surface area contributed by atoms with Crippen LogP contribution in [0.5, 0.6) is 0 Å². The summed E-state index contributed by atoms with van der Waals surface area (Å²) in [5.41, 5.74) is 8.69. The fourth-order valence-electron chi connectivity index (χ4n) is 4.69. The maximum Gasteiger partial charge on any atom is 0.228 e. The molecule has 1 N–H and O–H groups in total. The average molecular weight is 481 g/mol. The summed E-state index contributed by atoms with van der Waals surface area (Å²) < 4.78 is 0. The molecule has 0 saturated heterocycles. The van der Waals surface area contributed by atoms with E-state index in [0.29, 0.717) is 13.0 Å². The zero-order valence-electron chi connectivity index (χ0n) is 22.0. The Balaban J connectivity index is 1.33. The van der Waals surface area contributed by atoms with E-state index in [1.54, 1.807) is 0 Å². The van der Waals surface area contributed by atoms with Crippen molar-refractivity contribution in [3.8, 4) is 11.1 Å². The fourth-order valence-corrected chi connectivity index (χ4v) is 4.69. The lowest BCUT2D eigenvalue weighted by atomic mass is 9.92. The number of nitrogens with one attached hydrogen (secondary N) is 1. The zero-order chi connectivity index (χ0) is 25.9. The predicted octanol–water partition coefficient (Wildman–Crippen LogP) is 6.81. The van der Waals surface area contributed by atoms with Crippen LogP contribution in [0.2, 0.25) is 0 Å². The molecule has 0 aliphatic carbocycles. The van der Waals surface area contributed by atoms with Crippen molar-refractivity contribution in [3.63, 3.8) is 0 Å². The molecule has 2 amide bonds. The van der Waals surface area contributed by atoms with Crippen LogP contribution in [0.25, 0.3) is 16.7 Å². The second-order valence-electron chi connectivity index (χ2n) is 10.8. The van der Waals surface area contributed by atoms with Gasteiger partial charge in [-0.1, -0.05) is 87.0 Å². The third-order valence-electron chi connectivity index (χ3n) is 6.69. The third kappa shape index (κ3) is 6.12. The van der Waals surface area contributed by atoms with E-state index < -0.39 is 0 Å². The summed E-state index contributed by atoms with van der Waals surface area (Å²) in [6.45, 7) is 11.5. The van der Waals surface area contributed by atoms with Crippen molar-refractivity contribution in [1.29, 1.82) is 0 Å². The number of amides is 2. The van der Waals surface area contributed by atoms with E-state index in [2.05, 4.69) is 67.7 Å². The van der Waals surface area contributed by atoms with E-state index in [1.807, 2.05) is 49.9 Å². The molecule has 0 bridgehead atoms. The number of hydrogen-bond acceptors (Lipinski definition) is 2. The topological polar surface area (TPSA) is 49.4 Å². The summed E-state index contributed by atoms with van der Waals surface area (Å²) in [4.78, 5) is 27.1. The van der Waals surface area contributed by atoms with Crippen molar-refractivity contribution >= 4 is 23.1 Å². The maximum atomic E-state index is 12.6. The monoisotopic (exact) mass is 480 g/mol. The minimum absolute atomic E-state index is 0.0322. The number of nitrogens with zero attached hydrogens (tertiary/aromatic N) is 1. The van der Waals surface area contributed by atoms with Crippen LogP contribution in [0.1, 0.15) is 49.4 Å². The Morgan fingerprint density at radius 2 is 1.56 bits per heavy atom. The van der Waals surface area contributed by atoms with Gasteiger partial charge in [-0.3, -0.25) is 9.59 Å². The van der Waals surface area contributed by atoms with E-state index in [4.69, 9.17) is 0 Å². The van der Waals surface area contributed by atoms with Crippen LogP contribution in [-0.4, -0.2) is 29.8 Å². The van der Waals surface area contributed by atoms with Crippen LogP contribution in [0.4, 0.5) is 5.69 Å². The first kappa shape index (κ1) is 25.4. The van der Waals surface area contributed by atoms with Gasteiger partial charge in [-0.15, -0.1) is 0 Å². The molecule has 0 unspecified atom stereocenters. The van der Waals surface area contributed by atoms with Gasteiger partial charge in [0.2, 0.25) is 11.8 Å². The molecule has 3 aromatic carbocycles. The Morgan fingerprint density at radius 3 is 2.14 bits per heavy atom. The summed E-state index contributed by atoms with van der Waals surface area (Å²) >= 11 is 0. The minimum Gasteiger partial charge on any atom is -0.338 e. The molecular weight excluding hydrogens is 444 g/mol. The van der Waals surface area contributed by atoms with Gasteiger partial charge in [0.25, 0.3) is 0 Å². The summed E-state index contributed by atoms with van der Waals surface area (Å²) in [7, 11) is 0. The van der Waals surface area contributed by atoms with Gasteiger partial charge in [0.15, 0.2) is 0 Å². The predicted molar refractivity (Wildman–Crippen MR) is 149 cm³/mol. The molecule has 4 heteroatoms. The van der Waals surface area contributed by atoms with E-state index in [9.17, 15) is 9.59 Å². The first-order valence-corrected chi connectivity index (χ1v) is 12.7. The zero-order valence-corrected chi connectivity index (χ0v) is 22.0. The summed E-state index contributed by atoms with van der Waals surface area (Å²) in [5.74, 6) is 0.161. The lowest BCUT2D eigenvalue weighted by Crippen LogP contribution is -2.41. The van der Waals surface area contributed by atoms with E-state index in [1.165, 1.54) is 22.3 Å². The van der Waals surface area contributed by atoms with Gasteiger partial charge in [-0.05, 0) is 65.8 Å². The maximum absolute atomic E-state index is 12.6. The van der Waals surface area contributed by atoms with Crippen LogP contribution in [0, 0.1) is 19.3 Å². The minimum atomic E-state index is -0.351. The highest BCUT2D eigenvalue weighted by Gasteiger charge is 2.28. The van der Waals surface area contributed by atoms with E-state index in [0.717, 1.165) is 35.3 Å². The molecule has 4 nitrogen and oxygen atoms in total. The molecule has 1 heterocycles. The molecule has 0 aromatic heterocycles. The van der Waals surface area contributed by atoms with Crippen molar-refractivity contribution in [1.82, 2.24) is 4.90 Å². The highest BCUT2D eigenvalue weighted by molar-refractivity contribution is 5.92. The number of aryl methyl sites for hydroxylation is 2. The number of carbonyl (C=O) groups is 2. The lowest BCUT2D eigenvalue weighted by Gasteiger charge is -2.32.